The Kier molecular flexibility index (Phi) is 8.30. The molecule has 3 N–H and O–H groups in total. The van der Waals surface area contributed by atoms with Crippen LogP contribution in [0.2, 0.25) is 0 Å². The van der Waals surface area contributed by atoms with Gasteiger partial charge in [-0.2, -0.15) is 0 Å². The first-order valence-electron chi connectivity index (χ1n) is 7.79. The van der Waals surface area contributed by atoms with Gasteiger partial charge < -0.3 is 20.5 Å². The van der Waals surface area contributed by atoms with Gasteiger partial charge in [-0.25, -0.2) is 0 Å². The van der Waals surface area contributed by atoms with Crippen molar-refractivity contribution in [3.63, 3.8) is 0 Å². The van der Waals surface area contributed by atoms with E-state index in [2.05, 4.69) is 10.6 Å². The van der Waals surface area contributed by atoms with E-state index in [1.807, 2.05) is 6.92 Å². The lowest BCUT2D eigenvalue weighted by Crippen LogP contribution is -2.46. The van der Waals surface area contributed by atoms with Crippen LogP contribution in [0.5, 0.6) is 0 Å². The van der Waals surface area contributed by atoms with Crippen molar-refractivity contribution in [1.29, 1.82) is 0 Å². The molecule has 1 rings (SSSR count). The zero-order valence-electron chi connectivity index (χ0n) is 13.1. The quantitative estimate of drug-likeness (QED) is 0.553. The Morgan fingerprint density at radius 1 is 1.33 bits per heavy atom. The molecule has 0 aliphatic heterocycles. The Morgan fingerprint density at radius 2 is 2.05 bits per heavy atom. The fourth-order valence-electron chi connectivity index (χ4n) is 2.78. The van der Waals surface area contributed by atoms with E-state index < -0.39 is 5.97 Å². The zero-order valence-corrected chi connectivity index (χ0v) is 13.1. The van der Waals surface area contributed by atoms with Crippen LogP contribution in [0.3, 0.4) is 0 Å². The minimum absolute atomic E-state index is 0.0474. The van der Waals surface area contributed by atoms with Crippen molar-refractivity contribution >= 4 is 11.9 Å². The number of carbonyl (C=O) groups is 2. The minimum atomic E-state index is -0.710. The van der Waals surface area contributed by atoms with Gasteiger partial charge in [0, 0.05) is 20.3 Å². The minimum Gasteiger partial charge on any atom is -0.481 e. The first-order chi connectivity index (χ1) is 10.1. The second-order valence-corrected chi connectivity index (χ2v) is 5.76. The lowest BCUT2D eigenvalue weighted by atomic mass is 9.79. The summed E-state index contributed by atoms with van der Waals surface area (Å²) in [6.07, 6.45) is 4.53. The van der Waals surface area contributed by atoms with E-state index >= 15 is 0 Å². The monoisotopic (exact) mass is 300 g/mol. The van der Waals surface area contributed by atoms with E-state index in [1.165, 1.54) is 0 Å². The molecule has 1 amide bonds. The summed E-state index contributed by atoms with van der Waals surface area (Å²) in [4.78, 5) is 23.1. The number of carboxylic acid groups (broad SMARTS) is 1. The lowest BCUT2D eigenvalue weighted by Gasteiger charge is -2.29. The van der Waals surface area contributed by atoms with E-state index in [-0.39, 0.29) is 23.8 Å². The van der Waals surface area contributed by atoms with Crippen LogP contribution < -0.4 is 10.6 Å². The fraction of sp³-hybridized carbons (Fsp3) is 0.867. The number of carboxylic acids is 1. The molecule has 0 spiro atoms. The van der Waals surface area contributed by atoms with Gasteiger partial charge in [-0.15, -0.1) is 0 Å². The van der Waals surface area contributed by atoms with Crippen molar-refractivity contribution in [2.45, 2.75) is 45.1 Å². The predicted molar refractivity (Wildman–Crippen MR) is 80.1 cm³/mol. The Balaban J connectivity index is 2.28. The molecular weight excluding hydrogens is 272 g/mol. The molecule has 3 atom stereocenters. The first-order valence-corrected chi connectivity index (χ1v) is 7.79. The molecular formula is C15H28N2O4. The van der Waals surface area contributed by atoms with Crippen molar-refractivity contribution in [2.24, 2.45) is 11.8 Å². The molecule has 0 heterocycles. The highest BCUT2D eigenvalue weighted by Gasteiger charge is 2.30. The smallest absolute Gasteiger partial charge is 0.306 e. The largest absolute Gasteiger partial charge is 0.481 e. The number of hydrogen-bond acceptors (Lipinski definition) is 4. The van der Waals surface area contributed by atoms with Crippen LogP contribution in [0.4, 0.5) is 0 Å². The zero-order chi connectivity index (χ0) is 15.7. The average molecular weight is 300 g/mol. The molecule has 0 aromatic heterocycles. The van der Waals surface area contributed by atoms with E-state index in [9.17, 15) is 14.7 Å². The van der Waals surface area contributed by atoms with Crippen LogP contribution in [0.15, 0.2) is 0 Å². The number of carbonyl (C=O) groups excluding carboxylic acids is 1. The summed E-state index contributed by atoms with van der Waals surface area (Å²) < 4.78 is 4.92. The summed E-state index contributed by atoms with van der Waals surface area (Å²) in [5, 5.41) is 15.2. The highest BCUT2D eigenvalue weighted by Crippen LogP contribution is 2.29. The molecule has 0 bridgehead atoms. The van der Waals surface area contributed by atoms with Crippen LogP contribution >= 0.6 is 0 Å². The number of rotatable bonds is 9. The van der Waals surface area contributed by atoms with Crippen molar-refractivity contribution < 1.29 is 19.4 Å². The standard InChI is InChI=1S/C15H28N2O4/c1-11(14(18)16-8-5-9-21-2)17-10-12-6-3-4-7-13(12)15(19)20/h11-13,17H,3-10H2,1-2H3,(H,16,18)(H,19,20). The molecule has 1 aliphatic rings. The molecule has 1 saturated carbocycles. The van der Waals surface area contributed by atoms with Gasteiger partial charge in [0.2, 0.25) is 5.91 Å². The third kappa shape index (κ3) is 6.44. The molecule has 6 heteroatoms. The van der Waals surface area contributed by atoms with Crippen LogP contribution in [0, 0.1) is 11.8 Å². The van der Waals surface area contributed by atoms with Gasteiger partial charge in [0.25, 0.3) is 0 Å². The van der Waals surface area contributed by atoms with Gasteiger partial charge in [-0.3, -0.25) is 9.59 Å². The Bertz CT molecular complexity index is 336. The van der Waals surface area contributed by atoms with Crippen LogP contribution in [0.25, 0.3) is 0 Å². The van der Waals surface area contributed by atoms with Crippen molar-refractivity contribution in [3.8, 4) is 0 Å². The van der Waals surface area contributed by atoms with Gasteiger partial charge in [-0.1, -0.05) is 12.8 Å². The molecule has 1 fully saturated rings. The predicted octanol–water partition coefficient (Wildman–Crippen LogP) is 1.01. The highest BCUT2D eigenvalue weighted by atomic mass is 16.5. The maximum atomic E-state index is 11.9. The molecule has 0 aromatic rings. The Morgan fingerprint density at radius 3 is 2.71 bits per heavy atom. The normalized spacial score (nSPS) is 23.5. The number of aliphatic carboxylic acids is 1. The van der Waals surface area contributed by atoms with Crippen molar-refractivity contribution in [3.05, 3.63) is 0 Å². The summed E-state index contributed by atoms with van der Waals surface area (Å²) in [7, 11) is 1.63. The molecule has 122 valence electrons. The fourth-order valence-corrected chi connectivity index (χ4v) is 2.78. The highest BCUT2D eigenvalue weighted by molar-refractivity contribution is 5.81. The summed E-state index contributed by atoms with van der Waals surface area (Å²) in [5.41, 5.74) is 0. The second-order valence-electron chi connectivity index (χ2n) is 5.76. The summed E-state index contributed by atoms with van der Waals surface area (Å²) in [5.74, 6) is -0.907. The van der Waals surface area contributed by atoms with E-state index in [0.717, 1.165) is 32.1 Å². The maximum absolute atomic E-state index is 11.9. The number of hydrogen-bond donors (Lipinski definition) is 3. The Hall–Kier alpha value is -1.14. The van der Waals surface area contributed by atoms with Gasteiger partial charge >= 0.3 is 5.97 Å². The lowest BCUT2D eigenvalue weighted by molar-refractivity contribution is -0.144. The van der Waals surface area contributed by atoms with Crippen LogP contribution in [-0.2, 0) is 14.3 Å². The molecule has 0 saturated heterocycles. The number of nitrogens with one attached hydrogen (secondary N) is 2. The summed E-state index contributed by atoms with van der Waals surface area (Å²) in [6, 6.07) is -0.302. The summed E-state index contributed by atoms with van der Waals surface area (Å²) in [6.45, 7) is 3.62. The van der Waals surface area contributed by atoms with Gasteiger partial charge in [0.05, 0.1) is 12.0 Å². The third-order valence-corrected chi connectivity index (χ3v) is 4.13. The molecule has 0 aromatic carbocycles. The van der Waals surface area contributed by atoms with Crippen molar-refractivity contribution in [2.75, 3.05) is 26.8 Å². The molecule has 0 radical (unpaired) electrons. The first kappa shape index (κ1) is 17.9. The van der Waals surface area contributed by atoms with E-state index in [4.69, 9.17) is 4.74 Å². The van der Waals surface area contributed by atoms with Gasteiger partial charge in [0.1, 0.15) is 0 Å². The van der Waals surface area contributed by atoms with Gasteiger partial charge in [0.15, 0.2) is 0 Å². The van der Waals surface area contributed by atoms with Crippen molar-refractivity contribution in [1.82, 2.24) is 10.6 Å². The topological polar surface area (TPSA) is 87.7 Å². The second kappa shape index (κ2) is 9.73. The molecule has 3 unspecified atom stereocenters. The average Bonchev–Trinajstić information content (AvgIpc) is 2.49. The number of methoxy groups -OCH3 is 1. The van der Waals surface area contributed by atoms with Gasteiger partial charge in [-0.05, 0) is 38.6 Å². The maximum Gasteiger partial charge on any atom is 0.306 e. The van der Waals surface area contributed by atoms with E-state index in [1.54, 1.807) is 7.11 Å². The van der Waals surface area contributed by atoms with Crippen LogP contribution in [-0.4, -0.2) is 49.8 Å². The SMILES string of the molecule is COCCCNC(=O)C(C)NCC1CCCCC1C(=O)O. The van der Waals surface area contributed by atoms with E-state index in [0.29, 0.717) is 19.7 Å². The molecule has 6 nitrogen and oxygen atoms in total. The summed E-state index contributed by atoms with van der Waals surface area (Å²) >= 11 is 0. The Labute approximate surface area is 126 Å². The third-order valence-electron chi connectivity index (χ3n) is 4.13. The molecule has 21 heavy (non-hydrogen) atoms. The number of amides is 1. The molecule has 1 aliphatic carbocycles. The number of ether oxygens (including phenoxy) is 1. The van der Waals surface area contributed by atoms with Crippen LogP contribution in [0.1, 0.15) is 39.0 Å².